The fourth-order valence-electron chi connectivity index (χ4n) is 3.54. The number of hydrogen-bond acceptors (Lipinski definition) is 4. The van der Waals surface area contributed by atoms with Crippen molar-refractivity contribution in [3.8, 4) is 23.0 Å². The van der Waals surface area contributed by atoms with Gasteiger partial charge in [-0.05, 0) is 29.8 Å². The van der Waals surface area contributed by atoms with E-state index in [4.69, 9.17) is 4.74 Å². The van der Waals surface area contributed by atoms with E-state index in [0.717, 1.165) is 16.7 Å². The standard InChI is InChI=1S/C21H18O4/c22-14-7-5-13(6-8-14)18-12-25-20-11-15(23)9-10-17(20)21(18)16-3-1-2-4-19(16)24/h1-11,18,21-24H,12H2/t18-,21-/m0/s1. The molecule has 0 aliphatic carbocycles. The van der Waals surface area contributed by atoms with E-state index in [1.54, 1.807) is 36.4 Å². The van der Waals surface area contributed by atoms with Crippen molar-refractivity contribution in [3.63, 3.8) is 0 Å². The molecule has 0 saturated heterocycles. The largest absolute Gasteiger partial charge is 0.508 e. The van der Waals surface area contributed by atoms with Crippen molar-refractivity contribution in [1.82, 2.24) is 0 Å². The maximum absolute atomic E-state index is 10.4. The molecule has 0 amide bonds. The van der Waals surface area contributed by atoms with Crippen LogP contribution in [0.4, 0.5) is 0 Å². The van der Waals surface area contributed by atoms with Crippen LogP contribution in [-0.2, 0) is 0 Å². The zero-order valence-electron chi connectivity index (χ0n) is 13.5. The Bertz CT molecular complexity index is 902. The van der Waals surface area contributed by atoms with Gasteiger partial charge < -0.3 is 20.1 Å². The topological polar surface area (TPSA) is 69.9 Å². The van der Waals surface area contributed by atoms with Crippen LogP contribution in [0.2, 0.25) is 0 Å². The lowest BCUT2D eigenvalue weighted by Gasteiger charge is -2.34. The quantitative estimate of drug-likeness (QED) is 0.659. The number of aromatic hydroxyl groups is 3. The third kappa shape index (κ3) is 2.76. The van der Waals surface area contributed by atoms with E-state index >= 15 is 0 Å². The predicted octanol–water partition coefficient (Wildman–Crippen LogP) is 4.11. The highest BCUT2D eigenvalue weighted by atomic mass is 16.5. The number of phenolic OH excluding ortho intramolecular Hbond substituents is 3. The molecular formula is C21H18O4. The summed E-state index contributed by atoms with van der Waals surface area (Å²) in [5.41, 5.74) is 2.75. The highest BCUT2D eigenvalue weighted by Gasteiger charge is 2.34. The first-order valence-corrected chi connectivity index (χ1v) is 8.16. The molecule has 3 aromatic rings. The van der Waals surface area contributed by atoms with Gasteiger partial charge in [-0.2, -0.15) is 0 Å². The van der Waals surface area contributed by atoms with Gasteiger partial charge in [-0.3, -0.25) is 0 Å². The van der Waals surface area contributed by atoms with E-state index in [-0.39, 0.29) is 29.1 Å². The SMILES string of the molecule is Oc1ccc([C@@H]2COc3cc(O)ccc3[C@@H]2c2ccccc2O)cc1. The molecule has 4 heteroatoms. The fourth-order valence-corrected chi connectivity index (χ4v) is 3.54. The van der Waals surface area contributed by atoms with Crippen molar-refractivity contribution >= 4 is 0 Å². The molecule has 1 aliphatic heterocycles. The predicted molar refractivity (Wildman–Crippen MR) is 94.4 cm³/mol. The number of para-hydroxylation sites is 1. The summed E-state index contributed by atoms with van der Waals surface area (Å²) >= 11 is 0. The van der Waals surface area contributed by atoms with Crippen LogP contribution >= 0.6 is 0 Å². The van der Waals surface area contributed by atoms with E-state index in [1.165, 1.54) is 0 Å². The van der Waals surface area contributed by atoms with Crippen molar-refractivity contribution in [3.05, 3.63) is 83.4 Å². The van der Waals surface area contributed by atoms with Gasteiger partial charge in [-0.15, -0.1) is 0 Å². The van der Waals surface area contributed by atoms with Gasteiger partial charge in [0.1, 0.15) is 23.0 Å². The van der Waals surface area contributed by atoms with Crippen LogP contribution in [0.5, 0.6) is 23.0 Å². The van der Waals surface area contributed by atoms with Crippen molar-refractivity contribution in [1.29, 1.82) is 0 Å². The molecule has 0 spiro atoms. The summed E-state index contributed by atoms with van der Waals surface area (Å²) < 4.78 is 5.89. The summed E-state index contributed by atoms with van der Waals surface area (Å²) in [4.78, 5) is 0. The first kappa shape index (κ1) is 15.4. The normalized spacial score (nSPS) is 19.0. The number of fused-ring (bicyclic) bond motifs is 1. The van der Waals surface area contributed by atoms with Crippen molar-refractivity contribution in [2.24, 2.45) is 0 Å². The highest BCUT2D eigenvalue weighted by Crippen LogP contribution is 2.48. The zero-order chi connectivity index (χ0) is 17.4. The van der Waals surface area contributed by atoms with Crippen LogP contribution in [0.15, 0.2) is 66.7 Å². The Morgan fingerprint density at radius 2 is 1.48 bits per heavy atom. The molecule has 25 heavy (non-hydrogen) atoms. The van der Waals surface area contributed by atoms with Crippen molar-refractivity contribution in [2.45, 2.75) is 11.8 Å². The molecule has 0 bridgehead atoms. The third-order valence-corrected chi connectivity index (χ3v) is 4.75. The minimum absolute atomic E-state index is 0.0223. The third-order valence-electron chi connectivity index (χ3n) is 4.75. The molecular weight excluding hydrogens is 316 g/mol. The minimum Gasteiger partial charge on any atom is -0.508 e. The minimum atomic E-state index is -0.116. The molecule has 0 saturated carbocycles. The first-order chi connectivity index (χ1) is 12.1. The number of benzene rings is 3. The second-order valence-electron chi connectivity index (χ2n) is 6.27. The maximum Gasteiger partial charge on any atom is 0.126 e. The Labute approximate surface area is 145 Å². The molecule has 3 aromatic carbocycles. The molecule has 4 rings (SSSR count). The Kier molecular flexibility index (Phi) is 3.73. The van der Waals surface area contributed by atoms with E-state index in [0.29, 0.717) is 12.4 Å². The Morgan fingerprint density at radius 1 is 0.760 bits per heavy atom. The number of hydrogen-bond donors (Lipinski definition) is 3. The summed E-state index contributed by atoms with van der Waals surface area (Å²) in [5, 5.41) is 29.7. The van der Waals surface area contributed by atoms with Crippen molar-refractivity contribution in [2.75, 3.05) is 6.61 Å². The smallest absolute Gasteiger partial charge is 0.126 e. The van der Waals surface area contributed by atoms with Gasteiger partial charge in [0.05, 0.1) is 6.61 Å². The van der Waals surface area contributed by atoms with Crippen LogP contribution in [0, 0.1) is 0 Å². The van der Waals surface area contributed by atoms with Gasteiger partial charge in [0.25, 0.3) is 0 Å². The van der Waals surface area contributed by atoms with Crippen LogP contribution in [-0.4, -0.2) is 21.9 Å². The van der Waals surface area contributed by atoms with E-state index in [9.17, 15) is 15.3 Å². The van der Waals surface area contributed by atoms with Gasteiger partial charge >= 0.3 is 0 Å². The van der Waals surface area contributed by atoms with Crippen LogP contribution < -0.4 is 4.74 Å². The molecule has 126 valence electrons. The average Bonchev–Trinajstić information content (AvgIpc) is 2.62. The molecule has 3 N–H and O–H groups in total. The molecule has 4 nitrogen and oxygen atoms in total. The van der Waals surface area contributed by atoms with Crippen LogP contribution in [0.3, 0.4) is 0 Å². The summed E-state index contributed by atoms with van der Waals surface area (Å²) in [6.45, 7) is 0.417. The monoisotopic (exact) mass is 334 g/mol. The second kappa shape index (κ2) is 6.06. The molecule has 0 radical (unpaired) electrons. The second-order valence-corrected chi connectivity index (χ2v) is 6.27. The number of ether oxygens (including phenoxy) is 1. The summed E-state index contributed by atoms with van der Waals surface area (Å²) in [5.74, 6) is 1.09. The van der Waals surface area contributed by atoms with Crippen molar-refractivity contribution < 1.29 is 20.1 Å². The molecule has 0 aromatic heterocycles. The molecule has 0 unspecified atom stereocenters. The highest BCUT2D eigenvalue weighted by molar-refractivity contribution is 5.53. The average molecular weight is 334 g/mol. The summed E-state index contributed by atoms with van der Waals surface area (Å²) in [6, 6.07) is 19.4. The Morgan fingerprint density at radius 3 is 2.24 bits per heavy atom. The van der Waals surface area contributed by atoms with E-state index in [2.05, 4.69) is 0 Å². The van der Waals surface area contributed by atoms with Gasteiger partial charge in [-0.1, -0.05) is 36.4 Å². The molecule has 1 aliphatic rings. The van der Waals surface area contributed by atoms with Gasteiger partial charge in [0.2, 0.25) is 0 Å². The number of rotatable bonds is 2. The van der Waals surface area contributed by atoms with Crippen LogP contribution in [0.1, 0.15) is 28.5 Å². The Balaban J connectivity index is 1.88. The van der Waals surface area contributed by atoms with Crippen LogP contribution in [0.25, 0.3) is 0 Å². The summed E-state index contributed by atoms with van der Waals surface area (Å²) in [7, 11) is 0. The lowest BCUT2D eigenvalue weighted by atomic mass is 9.75. The zero-order valence-corrected chi connectivity index (χ0v) is 13.5. The molecule has 1 heterocycles. The summed E-state index contributed by atoms with van der Waals surface area (Å²) in [6.07, 6.45) is 0. The first-order valence-electron chi connectivity index (χ1n) is 8.16. The van der Waals surface area contributed by atoms with E-state index in [1.807, 2.05) is 30.3 Å². The molecule has 0 fully saturated rings. The Hall–Kier alpha value is -3.14. The maximum atomic E-state index is 10.4. The lowest BCUT2D eigenvalue weighted by molar-refractivity contribution is 0.246. The van der Waals surface area contributed by atoms with Gasteiger partial charge in [-0.25, -0.2) is 0 Å². The molecule has 2 atom stereocenters. The van der Waals surface area contributed by atoms with E-state index < -0.39 is 0 Å². The van der Waals surface area contributed by atoms with Gasteiger partial charge in [0.15, 0.2) is 0 Å². The number of phenols is 3. The van der Waals surface area contributed by atoms with Gasteiger partial charge in [0, 0.05) is 29.0 Å². The lowest BCUT2D eigenvalue weighted by Crippen LogP contribution is -2.25. The fraction of sp³-hybridized carbons (Fsp3) is 0.143.